The van der Waals surface area contributed by atoms with Crippen molar-refractivity contribution in [2.24, 2.45) is 0 Å². The van der Waals surface area contributed by atoms with E-state index in [1.807, 2.05) is 53.1 Å². The molecule has 176 valence electrons. The highest BCUT2D eigenvalue weighted by atomic mass is 16.5. The van der Waals surface area contributed by atoms with Gasteiger partial charge in [0, 0.05) is 39.3 Å². The number of rotatable bonds is 6. The zero-order valence-electron chi connectivity index (χ0n) is 19.8. The van der Waals surface area contributed by atoms with E-state index in [-0.39, 0.29) is 11.8 Å². The fourth-order valence-electron chi connectivity index (χ4n) is 4.63. The van der Waals surface area contributed by atoms with Gasteiger partial charge >= 0.3 is 0 Å². The fraction of sp³-hybridized carbons (Fsp3) is 0.462. The van der Waals surface area contributed by atoms with Crippen LogP contribution in [-0.2, 0) is 29.0 Å². The van der Waals surface area contributed by atoms with Crippen LogP contribution in [0.3, 0.4) is 0 Å². The fourth-order valence-corrected chi connectivity index (χ4v) is 4.63. The van der Waals surface area contributed by atoms with Crippen LogP contribution in [0.5, 0.6) is 11.5 Å². The molecular formula is C26H33N3O4. The van der Waals surface area contributed by atoms with Crippen molar-refractivity contribution in [3.05, 3.63) is 58.7 Å². The van der Waals surface area contributed by atoms with Crippen LogP contribution in [0.25, 0.3) is 0 Å². The molecule has 2 aromatic rings. The maximum atomic E-state index is 13.0. The Morgan fingerprint density at radius 2 is 1.52 bits per heavy atom. The molecule has 0 aromatic heterocycles. The number of methoxy groups -OCH3 is 2. The molecule has 2 heterocycles. The molecule has 7 heteroatoms. The predicted octanol–water partition coefficient (Wildman–Crippen LogP) is 2.28. The third kappa shape index (κ3) is 5.30. The Balaban J connectivity index is 1.28. The van der Waals surface area contributed by atoms with E-state index >= 15 is 0 Å². The summed E-state index contributed by atoms with van der Waals surface area (Å²) in [6.45, 7) is 6.50. The van der Waals surface area contributed by atoms with Crippen LogP contribution in [0.15, 0.2) is 36.4 Å². The smallest absolute Gasteiger partial charge is 0.237 e. The number of benzene rings is 2. The summed E-state index contributed by atoms with van der Waals surface area (Å²) in [5.74, 6) is 1.71. The molecule has 7 nitrogen and oxygen atoms in total. The van der Waals surface area contributed by atoms with E-state index in [0.29, 0.717) is 44.9 Å². The minimum Gasteiger partial charge on any atom is -0.493 e. The van der Waals surface area contributed by atoms with E-state index in [1.165, 1.54) is 5.56 Å². The number of ether oxygens (including phenoxy) is 2. The SMILES string of the molecule is COc1cc2c(cc1OC)CN(C(=O)CN1CCN(C(=O)Cc3ccccc3C)CC1)CC2. The average molecular weight is 452 g/mol. The van der Waals surface area contributed by atoms with Crippen molar-refractivity contribution >= 4 is 11.8 Å². The number of hydrogen-bond acceptors (Lipinski definition) is 5. The minimum atomic E-state index is 0.134. The topological polar surface area (TPSA) is 62.3 Å². The Hall–Kier alpha value is -3.06. The van der Waals surface area contributed by atoms with Crippen molar-refractivity contribution < 1.29 is 19.1 Å². The number of hydrogen-bond donors (Lipinski definition) is 0. The lowest BCUT2D eigenvalue weighted by Crippen LogP contribution is -2.52. The molecule has 1 saturated heterocycles. The Bertz CT molecular complexity index is 1010. The number of carbonyl (C=O) groups excluding carboxylic acids is 2. The van der Waals surface area contributed by atoms with Crippen LogP contribution in [0.2, 0.25) is 0 Å². The summed E-state index contributed by atoms with van der Waals surface area (Å²) >= 11 is 0. The van der Waals surface area contributed by atoms with Crippen LogP contribution < -0.4 is 9.47 Å². The molecule has 0 atom stereocenters. The van der Waals surface area contributed by atoms with Crippen LogP contribution in [0, 0.1) is 6.92 Å². The minimum absolute atomic E-state index is 0.134. The van der Waals surface area contributed by atoms with Crippen molar-refractivity contribution in [1.29, 1.82) is 0 Å². The molecule has 0 unspecified atom stereocenters. The number of piperazine rings is 1. The Kier molecular flexibility index (Phi) is 7.18. The van der Waals surface area contributed by atoms with Gasteiger partial charge in [0.05, 0.1) is 27.2 Å². The van der Waals surface area contributed by atoms with Gasteiger partial charge in [-0.3, -0.25) is 14.5 Å². The summed E-state index contributed by atoms with van der Waals surface area (Å²) in [4.78, 5) is 31.7. The molecule has 2 amide bonds. The molecule has 0 radical (unpaired) electrons. The van der Waals surface area contributed by atoms with Crippen molar-refractivity contribution in [2.45, 2.75) is 26.3 Å². The zero-order valence-corrected chi connectivity index (χ0v) is 19.8. The van der Waals surface area contributed by atoms with Crippen LogP contribution in [0.4, 0.5) is 0 Å². The lowest BCUT2D eigenvalue weighted by Gasteiger charge is -2.36. The highest BCUT2D eigenvalue weighted by Gasteiger charge is 2.27. The van der Waals surface area contributed by atoms with Crippen molar-refractivity contribution in [3.63, 3.8) is 0 Å². The van der Waals surface area contributed by atoms with Gasteiger partial charge < -0.3 is 19.3 Å². The second-order valence-electron chi connectivity index (χ2n) is 8.80. The molecule has 0 saturated carbocycles. The molecule has 4 rings (SSSR count). The lowest BCUT2D eigenvalue weighted by atomic mass is 9.98. The number of fused-ring (bicyclic) bond motifs is 1. The number of amides is 2. The summed E-state index contributed by atoms with van der Waals surface area (Å²) in [7, 11) is 3.26. The third-order valence-corrected chi connectivity index (χ3v) is 6.76. The molecule has 1 fully saturated rings. The van der Waals surface area contributed by atoms with Gasteiger partial charge in [-0.2, -0.15) is 0 Å². The standard InChI is InChI=1S/C26H33N3O4/c1-19-6-4-5-7-20(19)16-25(30)28-12-10-27(11-13-28)18-26(31)29-9-8-21-14-23(32-2)24(33-3)15-22(21)17-29/h4-7,14-15H,8-13,16-18H2,1-3H3. The lowest BCUT2D eigenvalue weighted by molar-refractivity contribution is -0.135. The van der Waals surface area contributed by atoms with Gasteiger partial charge in [0.2, 0.25) is 11.8 Å². The molecule has 33 heavy (non-hydrogen) atoms. The molecule has 2 aliphatic heterocycles. The monoisotopic (exact) mass is 451 g/mol. The summed E-state index contributed by atoms with van der Waals surface area (Å²) < 4.78 is 10.8. The van der Waals surface area contributed by atoms with Crippen molar-refractivity contribution in [2.75, 3.05) is 53.5 Å². The highest BCUT2D eigenvalue weighted by molar-refractivity contribution is 5.80. The van der Waals surface area contributed by atoms with E-state index in [9.17, 15) is 9.59 Å². The number of carbonyl (C=O) groups is 2. The van der Waals surface area contributed by atoms with Gasteiger partial charge in [0.25, 0.3) is 0 Å². The first-order valence-corrected chi connectivity index (χ1v) is 11.5. The largest absolute Gasteiger partial charge is 0.493 e. The number of aryl methyl sites for hydroxylation is 1. The van der Waals surface area contributed by atoms with Gasteiger partial charge in [-0.15, -0.1) is 0 Å². The molecule has 0 aliphatic carbocycles. The molecule has 0 spiro atoms. The van der Waals surface area contributed by atoms with Gasteiger partial charge in [-0.05, 0) is 47.7 Å². The normalized spacial score (nSPS) is 16.3. The Labute approximate surface area is 195 Å². The first kappa shape index (κ1) is 23.1. The van der Waals surface area contributed by atoms with Crippen LogP contribution in [0.1, 0.15) is 22.3 Å². The van der Waals surface area contributed by atoms with Gasteiger partial charge in [-0.1, -0.05) is 24.3 Å². The van der Waals surface area contributed by atoms with Gasteiger partial charge in [-0.25, -0.2) is 0 Å². The van der Waals surface area contributed by atoms with E-state index in [0.717, 1.165) is 42.0 Å². The maximum Gasteiger partial charge on any atom is 0.237 e. The second kappa shape index (κ2) is 10.3. The second-order valence-corrected chi connectivity index (χ2v) is 8.80. The predicted molar refractivity (Wildman–Crippen MR) is 127 cm³/mol. The first-order valence-electron chi connectivity index (χ1n) is 11.5. The molecular weight excluding hydrogens is 418 g/mol. The Morgan fingerprint density at radius 3 is 2.18 bits per heavy atom. The Morgan fingerprint density at radius 1 is 0.848 bits per heavy atom. The quantitative estimate of drug-likeness (QED) is 0.675. The van der Waals surface area contributed by atoms with Gasteiger partial charge in [0.15, 0.2) is 11.5 Å². The van der Waals surface area contributed by atoms with E-state index in [2.05, 4.69) is 4.90 Å². The molecule has 2 aromatic carbocycles. The van der Waals surface area contributed by atoms with E-state index < -0.39 is 0 Å². The summed E-state index contributed by atoms with van der Waals surface area (Å²) in [5.41, 5.74) is 4.55. The average Bonchev–Trinajstić information content (AvgIpc) is 2.84. The van der Waals surface area contributed by atoms with E-state index in [4.69, 9.17) is 9.47 Å². The first-order chi connectivity index (χ1) is 16.0. The molecule has 0 bridgehead atoms. The maximum absolute atomic E-state index is 13.0. The van der Waals surface area contributed by atoms with Gasteiger partial charge in [0.1, 0.15) is 0 Å². The highest BCUT2D eigenvalue weighted by Crippen LogP contribution is 2.33. The molecule has 2 aliphatic rings. The van der Waals surface area contributed by atoms with E-state index in [1.54, 1.807) is 14.2 Å². The third-order valence-electron chi connectivity index (χ3n) is 6.76. The summed E-state index contributed by atoms with van der Waals surface area (Å²) in [5, 5.41) is 0. The zero-order chi connectivity index (χ0) is 23.4. The van der Waals surface area contributed by atoms with Crippen LogP contribution >= 0.6 is 0 Å². The van der Waals surface area contributed by atoms with Crippen molar-refractivity contribution in [3.8, 4) is 11.5 Å². The van der Waals surface area contributed by atoms with Crippen LogP contribution in [-0.4, -0.2) is 80.0 Å². The summed E-state index contributed by atoms with van der Waals surface area (Å²) in [6.07, 6.45) is 1.25. The number of nitrogens with zero attached hydrogens (tertiary/aromatic N) is 3. The summed E-state index contributed by atoms with van der Waals surface area (Å²) in [6, 6.07) is 12.0. The van der Waals surface area contributed by atoms with Crippen molar-refractivity contribution in [1.82, 2.24) is 14.7 Å². The molecule has 0 N–H and O–H groups in total.